The van der Waals surface area contributed by atoms with Crippen LogP contribution in [-0.4, -0.2) is 13.1 Å². The number of hydrogen-bond donors (Lipinski definition) is 1. The summed E-state index contributed by atoms with van der Waals surface area (Å²) in [5.41, 5.74) is 0.594. The van der Waals surface area contributed by atoms with Crippen LogP contribution in [0.15, 0.2) is 0 Å². The molecule has 1 nitrogen and oxygen atoms in total. The molecule has 1 unspecified atom stereocenters. The van der Waals surface area contributed by atoms with E-state index in [1.165, 1.54) is 38.8 Å². The highest BCUT2D eigenvalue weighted by Crippen LogP contribution is 2.41. The highest BCUT2D eigenvalue weighted by atomic mass is 14.9. The standard InChI is InChI=1S/C13H27N/c1-5-13(4,10-11(2)3)12-6-8-14-9-7-12/h11-12,14H,5-10H2,1-4H3. The van der Waals surface area contributed by atoms with Crippen molar-refractivity contribution in [3.63, 3.8) is 0 Å². The minimum atomic E-state index is 0.594. The highest BCUT2D eigenvalue weighted by Gasteiger charge is 2.33. The Bertz CT molecular complexity index is 159. The number of piperidine rings is 1. The first-order valence-electron chi connectivity index (χ1n) is 6.29. The van der Waals surface area contributed by atoms with Crippen molar-refractivity contribution in [2.24, 2.45) is 17.3 Å². The van der Waals surface area contributed by atoms with Crippen LogP contribution < -0.4 is 5.32 Å². The topological polar surface area (TPSA) is 12.0 Å². The smallest absolute Gasteiger partial charge is 0.00461 e. The molecule has 0 aromatic heterocycles. The van der Waals surface area contributed by atoms with Crippen LogP contribution in [0.4, 0.5) is 0 Å². The predicted molar refractivity (Wildman–Crippen MR) is 63.4 cm³/mol. The van der Waals surface area contributed by atoms with Gasteiger partial charge in [-0.25, -0.2) is 0 Å². The van der Waals surface area contributed by atoms with Crippen molar-refractivity contribution in [1.29, 1.82) is 0 Å². The molecular formula is C13H27N. The first kappa shape index (κ1) is 12.0. The van der Waals surface area contributed by atoms with Gasteiger partial charge in [0.05, 0.1) is 0 Å². The van der Waals surface area contributed by atoms with E-state index in [1.807, 2.05) is 0 Å². The fourth-order valence-corrected chi connectivity index (χ4v) is 3.05. The van der Waals surface area contributed by atoms with Crippen LogP contribution in [0.2, 0.25) is 0 Å². The molecule has 1 fully saturated rings. The van der Waals surface area contributed by atoms with Crippen molar-refractivity contribution in [3.05, 3.63) is 0 Å². The van der Waals surface area contributed by atoms with Crippen molar-refractivity contribution >= 4 is 0 Å². The molecule has 84 valence electrons. The van der Waals surface area contributed by atoms with Gasteiger partial charge >= 0.3 is 0 Å². The molecule has 0 aliphatic carbocycles. The molecule has 0 radical (unpaired) electrons. The number of rotatable bonds is 4. The van der Waals surface area contributed by atoms with Crippen LogP contribution in [0, 0.1) is 17.3 Å². The minimum Gasteiger partial charge on any atom is -0.317 e. The zero-order valence-electron chi connectivity index (χ0n) is 10.4. The first-order chi connectivity index (χ1) is 6.58. The molecule has 0 amide bonds. The van der Waals surface area contributed by atoms with E-state index in [1.54, 1.807) is 0 Å². The van der Waals surface area contributed by atoms with Gasteiger partial charge < -0.3 is 5.32 Å². The minimum absolute atomic E-state index is 0.594. The van der Waals surface area contributed by atoms with E-state index in [2.05, 4.69) is 33.0 Å². The monoisotopic (exact) mass is 197 g/mol. The average molecular weight is 197 g/mol. The van der Waals surface area contributed by atoms with Gasteiger partial charge in [-0.3, -0.25) is 0 Å². The lowest BCUT2D eigenvalue weighted by Gasteiger charge is -2.41. The molecule has 14 heavy (non-hydrogen) atoms. The lowest BCUT2D eigenvalue weighted by Crippen LogP contribution is -2.37. The lowest BCUT2D eigenvalue weighted by molar-refractivity contribution is 0.109. The zero-order chi connectivity index (χ0) is 10.6. The van der Waals surface area contributed by atoms with Crippen LogP contribution in [0.1, 0.15) is 53.4 Å². The molecule has 1 heterocycles. The van der Waals surface area contributed by atoms with Crippen molar-refractivity contribution in [2.45, 2.75) is 53.4 Å². The van der Waals surface area contributed by atoms with Crippen molar-refractivity contribution in [2.75, 3.05) is 13.1 Å². The summed E-state index contributed by atoms with van der Waals surface area (Å²) in [6, 6.07) is 0. The molecule has 0 aromatic carbocycles. The van der Waals surface area contributed by atoms with Crippen molar-refractivity contribution in [1.82, 2.24) is 5.32 Å². The summed E-state index contributed by atoms with van der Waals surface area (Å²) < 4.78 is 0. The van der Waals surface area contributed by atoms with Crippen LogP contribution in [0.25, 0.3) is 0 Å². The normalized spacial score (nSPS) is 23.8. The molecular weight excluding hydrogens is 170 g/mol. The third-order valence-electron chi connectivity index (χ3n) is 4.01. The van der Waals surface area contributed by atoms with Gasteiger partial charge in [-0.05, 0) is 49.6 Å². The van der Waals surface area contributed by atoms with Crippen LogP contribution in [-0.2, 0) is 0 Å². The summed E-state index contributed by atoms with van der Waals surface area (Å²) in [5, 5.41) is 3.46. The molecule has 0 aromatic rings. The van der Waals surface area contributed by atoms with Gasteiger partial charge in [0.2, 0.25) is 0 Å². The largest absolute Gasteiger partial charge is 0.317 e. The number of nitrogens with one attached hydrogen (secondary N) is 1. The van der Waals surface area contributed by atoms with Crippen LogP contribution >= 0.6 is 0 Å². The fourth-order valence-electron chi connectivity index (χ4n) is 3.05. The Morgan fingerprint density at radius 3 is 2.29 bits per heavy atom. The molecule has 0 spiro atoms. The van der Waals surface area contributed by atoms with Gasteiger partial charge in [-0.1, -0.05) is 34.1 Å². The molecule has 1 N–H and O–H groups in total. The summed E-state index contributed by atoms with van der Waals surface area (Å²) in [6.45, 7) is 12.0. The molecule has 1 aliphatic rings. The summed E-state index contributed by atoms with van der Waals surface area (Å²) in [4.78, 5) is 0. The Labute approximate surface area is 89.7 Å². The maximum atomic E-state index is 3.46. The Hall–Kier alpha value is -0.0400. The lowest BCUT2D eigenvalue weighted by atomic mass is 9.67. The molecule has 1 aliphatic heterocycles. The fraction of sp³-hybridized carbons (Fsp3) is 1.00. The van der Waals surface area contributed by atoms with Gasteiger partial charge in [-0.2, -0.15) is 0 Å². The average Bonchev–Trinajstić information content (AvgIpc) is 2.18. The molecule has 1 heteroatoms. The Morgan fingerprint density at radius 1 is 1.29 bits per heavy atom. The Balaban J connectivity index is 2.56. The second-order valence-electron chi connectivity index (χ2n) is 5.63. The Morgan fingerprint density at radius 2 is 1.86 bits per heavy atom. The van der Waals surface area contributed by atoms with E-state index in [0.29, 0.717) is 5.41 Å². The first-order valence-corrected chi connectivity index (χ1v) is 6.29. The summed E-state index contributed by atoms with van der Waals surface area (Å²) in [7, 11) is 0. The highest BCUT2D eigenvalue weighted by molar-refractivity contribution is 4.85. The SMILES string of the molecule is CCC(C)(CC(C)C)C1CCNCC1. The van der Waals surface area contributed by atoms with Crippen molar-refractivity contribution < 1.29 is 0 Å². The predicted octanol–water partition coefficient (Wildman–Crippen LogP) is 3.45. The summed E-state index contributed by atoms with van der Waals surface area (Å²) in [6.07, 6.45) is 5.51. The van der Waals surface area contributed by atoms with Gasteiger partial charge in [-0.15, -0.1) is 0 Å². The van der Waals surface area contributed by atoms with E-state index >= 15 is 0 Å². The van der Waals surface area contributed by atoms with Gasteiger partial charge in [0.1, 0.15) is 0 Å². The molecule has 1 rings (SSSR count). The second-order valence-corrected chi connectivity index (χ2v) is 5.63. The molecule has 1 atom stereocenters. The van der Waals surface area contributed by atoms with E-state index in [-0.39, 0.29) is 0 Å². The van der Waals surface area contributed by atoms with E-state index in [4.69, 9.17) is 0 Å². The molecule has 0 saturated carbocycles. The maximum absolute atomic E-state index is 3.46. The zero-order valence-corrected chi connectivity index (χ0v) is 10.4. The number of hydrogen-bond acceptors (Lipinski definition) is 1. The third kappa shape index (κ3) is 2.98. The van der Waals surface area contributed by atoms with Crippen molar-refractivity contribution in [3.8, 4) is 0 Å². The molecule has 0 bridgehead atoms. The van der Waals surface area contributed by atoms with Crippen LogP contribution in [0.3, 0.4) is 0 Å². The van der Waals surface area contributed by atoms with Gasteiger partial charge in [0.15, 0.2) is 0 Å². The van der Waals surface area contributed by atoms with E-state index in [0.717, 1.165) is 11.8 Å². The van der Waals surface area contributed by atoms with E-state index < -0.39 is 0 Å². The van der Waals surface area contributed by atoms with Gasteiger partial charge in [0, 0.05) is 0 Å². The van der Waals surface area contributed by atoms with Gasteiger partial charge in [0.25, 0.3) is 0 Å². The quantitative estimate of drug-likeness (QED) is 0.728. The summed E-state index contributed by atoms with van der Waals surface area (Å²) >= 11 is 0. The third-order valence-corrected chi connectivity index (χ3v) is 4.01. The molecule has 1 saturated heterocycles. The Kier molecular flexibility index (Phi) is 4.43. The maximum Gasteiger partial charge on any atom is -0.00461 e. The van der Waals surface area contributed by atoms with E-state index in [9.17, 15) is 0 Å². The summed E-state index contributed by atoms with van der Waals surface area (Å²) in [5.74, 6) is 1.80. The van der Waals surface area contributed by atoms with Crippen LogP contribution in [0.5, 0.6) is 0 Å². The second kappa shape index (κ2) is 5.16.